The van der Waals surface area contributed by atoms with E-state index >= 15 is 0 Å². The second-order valence-corrected chi connectivity index (χ2v) is 3.69. The van der Waals surface area contributed by atoms with Gasteiger partial charge in [-0.15, -0.1) is 0 Å². The molecule has 4 N–H and O–H groups in total. The van der Waals surface area contributed by atoms with Crippen LogP contribution < -0.4 is 16.2 Å². The Bertz CT molecular complexity index is 552. The average molecular weight is 243 g/mol. The summed E-state index contributed by atoms with van der Waals surface area (Å²) in [5.41, 5.74) is 11.8. The van der Waals surface area contributed by atoms with Gasteiger partial charge in [-0.1, -0.05) is 12.1 Å². The Morgan fingerprint density at radius 2 is 1.89 bits per heavy atom. The summed E-state index contributed by atoms with van der Waals surface area (Å²) in [5.74, 6) is 0.590. The molecule has 1 aromatic heterocycles. The lowest BCUT2D eigenvalue weighted by Crippen LogP contribution is -2.12. The van der Waals surface area contributed by atoms with Crippen molar-refractivity contribution >= 4 is 5.91 Å². The van der Waals surface area contributed by atoms with Crippen LogP contribution in [0, 0.1) is 0 Å². The first-order valence-electron chi connectivity index (χ1n) is 5.42. The number of amides is 1. The molecule has 0 saturated carbocycles. The summed E-state index contributed by atoms with van der Waals surface area (Å²) in [6.07, 6.45) is 1.48. The Morgan fingerprint density at radius 1 is 1.17 bits per heavy atom. The van der Waals surface area contributed by atoms with E-state index in [0.29, 0.717) is 18.0 Å². The minimum Gasteiger partial charge on any atom is -0.457 e. The summed E-state index contributed by atoms with van der Waals surface area (Å²) in [5, 5.41) is 0. The number of aromatic nitrogens is 1. The molecule has 92 valence electrons. The van der Waals surface area contributed by atoms with Gasteiger partial charge in [0, 0.05) is 18.8 Å². The molecule has 0 aliphatic rings. The van der Waals surface area contributed by atoms with Crippen LogP contribution in [0.3, 0.4) is 0 Å². The molecule has 18 heavy (non-hydrogen) atoms. The lowest BCUT2D eigenvalue weighted by Gasteiger charge is -2.06. The molecule has 1 amide bonds. The van der Waals surface area contributed by atoms with Crippen LogP contribution in [0.4, 0.5) is 0 Å². The summed E-state index contributed by atoms with van der Waals surface area (Å²) in [6, 6.07) is 10.5. The quantitative estimate of drug-likeness (QED) is 0.849. The zero-order valence-electron chi connectivity index (χ0n) is 9.67. The molecule has 0 fully saturated rings. The number of carbonyl (C=O) groups excluding carboxylic acids is 1. The fourth-order valence-electron chi connectivity index (χ4n) is 1.44. The van der Waals surface area contributed by atoms with E-state index in [0.717, 1.165) is 5.56 Å². The monoisotopic (exact) mass is 243 g/mol. The molecule has 1 heterocycles. The maximum absolute atomic E-state index is 11.0. The summed E-state index contributed by atoms with van der Waals surface area (Å²) in [4.78, 5) is 14.8. The Hall–Kier alpha value is -2.40. The maximum Gasteiger partial charge on any atom is 0.267 e. The van der Waals surface area contributed by atoms with Crippen LogP contribution in [0.25, 0.3) is 0 Å². The van der Waals surface area contributed by atoms with E-state index in [1.54, 1.807) is 6.07 Å². The standard InChI is InChI=1S/C13H13N3O2/c14-8-9-1-3-10(4-2-9)18-11-5-6-16-12(7-11)13(15)17/h1-7H,8,14H2,(H2,15,17). The molecule has 2 rings (SSSR count). The van der Waals surface area contributed by atoms with Crippen molar-refractivity contribution in [1.29, 1.82) is 0 Å². The van der Waals surface area contributed by atoms with Crippen LogP contribution in [-0.4, -0.2) is 10.9 Å². The number of pyridine rings is 1. The van der Waals surface area contributed by atoms with E-state index in [-0.39, 0.29) is 5.69 Å². The highest BCUT2D eigenvalue weighted by Crippen LogP contribution is 2.21. The molecule has 0 atom stereocenters. The molecule has 0 spiro atoms. The van der Waals surface area contributed by atoms with Gasteiger partial charge in [-0.25, -0.2) is 0 Å². The highest BCUT2D eigenvalue weighted by Gasteiger charge is 2.04. The van der Waals surface area contributed by atoms with Gasteiger partial charge in [-0.3, -0.25) is 9.78 Å². The maximum atomic E-state index is 11.0. The van der Waals surface area contributed by atoms with Gasteiger partial charge in [0.1, 0.15) is 17.2 Å². The Kier molecular flexibility index (Phi) is 3.54. The molecule has 0 aliphatic heterocycles. The van der Waals surface area contributed by atoms with Gasteiger partial charge in [0.05, 0.1) is 0 Å². The van der Waals surface area contributed by atoms with Crippen molar-refractivity contribution < 1.29 is 9.53 Å². The minimum absolute atomic E-state index is 0.172. The Labute approximate surface area is 104 Å². The molecule has 5 nitrogen and oxygen atoms in total. The largest absolute Gasteiger partial charge is 0.457 e. The summed E-state index contributed by atoms with van der Waals surface area (Å²) >= 11 is 0. The highest BCUT2D eigenvalue weighted by atomic mass is 16.5. The Morgan fingerprint density at radius 3 is 2.50 bits per heavy atom. The normalized spacial score (nSPS) is 10.1. The third-order valence-electron chi connectivity index (χ3n) is 2.38. The van der Waals surface area contributed by atoms with E-state index in [1.807, 2.05) is 24.3 Å². The van der Waals surface area contributed by atoms with Gasteiger partial charge < -0.3 is 16.2 Å². The number of nitrogens with two attached hydrogens (primary N) is 2. The third-order valence-corrected chi connectivity index (χ3v) is 2.38. The second-order valence-electron chi connectivity index (χ2n) is 3.69. The van der Waals surface area contributed by atoms with Crippen LogP contribution in [-0.2, 0) is 6.54 Å². The number of hydrogen-bond acceptors (Lipinski definition) is 4. The smallest absolute Gasteiger partial charge is 0.267 e. The lowest BCUT2D eigenvalue weighted by molar-refractivity contribution is 0.0995. The van der Waals surface area contributed by atoms with Gasteiger partial charge in [0.25, 0.3) is 5.91 Å². The zero-order chi connectivity index (χ0) is 13.0. The molecular formula is C13H13N3O2. The van der Waals surface area contributed by atoms with Crippen LogP contribution in [0.15, 0.2) is 42.6 Å². The molecular weight excluding hydrogens is 230 g/mol. The average Bonchev–Trinajstić information content (AvgIpc) is 2.40. The lowest BCUT2D eigenvalue weighted by atomic mass is 10.2. The molecule has 1 aromatic carbocycles. The van der Waals surface area contributed by atoms with Crippen LogP contribution >= 0.6 is 0 Å². The van der Waals surface area contributed by atoms with Gasteiger partial charge in [0.15, 0.2) is 0 Å². The van der Waals surface area contributed by atoms with E-state index in [9.17, 15) is 4.79 Å². The predicted octanol–water partition coefficient (Wildman–Crippen LogP) is 1.43. The van der Waals surface area contributed by atoms with Crippen LogP contribution in [0.5, 0.6) is 11.5 Å². The first kappa shape index (κ1) is 12.1. The zero-order valence-corrected chi connectivity index (χ0v) is 9.67. The summed E-state index contributed by atoms with van der Waals surface area (Å²) in [6.45, 7) is 0.487. The first-order valence-corrected chi connectivity index (χ1v) is 5.42. The number of nitrogens with zero attached hydrogens (tertiary/aromatic N) is 1. The molecule has 0 saturated heterocycles. The van der Waals surface area contributed by atoms with E-state index in [1.165, 1.54) is 12.3 Å². The van der Waals surface area contributed by atoms with Gasteiger partial charge in [0.2, 0.25) is 0 Å². The van der Waals surface area contributed by atoms with Crippen molar-refractivity contribution in [2.75, 3.05) is 0 Å². The molecule has 0 radical (unpaired) electrons. The number of benzene rings is 1. The number of carbonyl (C=O) groups is 1. The van der Waals surface area contributed by atoms with Crippen molar-refractivity contribution in [3.63, 3.8) is 0 Å². The predicted molar refractivity (Wildman–Crippen MR) is 67.2 cm³/mol. The number of rotatable bonds is 4. The first-order chi connectivity index (χ1) is 8.69. The summed E-state index contributed by atoms with van der Waals surface area (Å²) in [7, 11) is 0. The third kappa shape index (κ3) is 2.83. The van der Waals surface area contributed by atoms with Crippen LogP contribution in [0.1, 0.15) is 16.1 Å². The topological polar surface area (TPSA) is 91.2 Å². The van der Waals surface area contributed by atoms with Gasteiger partial charge in [-0.2, -0.15) is 0 Å². The SMILES string of the molecule is NCc1ccc(Oc2ccnc(C(N)=O)c2)cc1. The van der Waals surface area contributed by atoms with E-state index < -0.39 is 5.91 Å². The summed E-state index contributed by atoms with van der Waals surface area (Å²) < 4.78 is 5.58. The molecule has 0 bridgehead atoms. The van der Waals surface area contributed by atoms with Crippen LogP contribution in [0.2, 0.25) is 0 Å². The highest BCUT2D eigenvalue weighted by molar-refractivity contribution is 5.91. The molecule has 2 aromatic rings. The van der Waals surface area contributed by atoms with E-state index in [2.05, 4.69) is 4.98 Å². The fourth-order valence-corrected chi connectivity index (χ4v) is 1.44. The van der Waals surface area contributed by atoms with Crippen molar-refractivity contribution in [1.82, 2.24) is 4.98 Å². The number of ether oxygens (including phenoxy) is 1. The number of primary amides is 1. The van der Waals surface area contributed by atoms with Gasteiger partial charge in [-0.05, 0) is 23.8 Å². The van der Waals surface area contributed by atoms with Crippen molar-refractivity contribution in [3.05, 3.63) is 53.9 Å². The van der Waals surface area contributed by atoms with Gasteiger partial charge >= 0.3 is 0 Å². The Balaban J connectivity index is 2.17. The van der Waals surface area contributed by atoms with Crippen molar-refractivity contribution in [3.8, 4) is 11.5 Å². The number of hydrogen-bond donors (Lipinski definition) is 2. The van der Waals surface area contributed by atoms with Crippen molar-refractivity contribution in [2.24, 2.45) is 11.5 Å². The second kappa shape index (κ2) is 5.29. The molecule has 0 aliphatic carbocycles. The van der Waals surface area contributed by atoms with Crippen molar-refractivity contribution in [2.45, 2.75) is 6.54 Å². The van der Waals surface area contributed by atoms with E-state index in [4.69, 9.17) is 16.2 Å². The molecule has 5 heteroatoms. The fraction of sp³-hybridized carbons (Fsp3) is 0.0769. The molecule has 0 unspecified atom stereocenters. The minimum atomic E-state index is -0.584.